The van der Waals surface area contributed by atoms with Crippen LogP contribution in [0.15, 0.2) is 22.7 Å². The third kappa shape index (κ3) is 2.90. The molecule has 1 aliphatic heterocycles. The zero-order chi connectivity index (χ0) is 13.1. The summed E-state index contributed by atoms with van der Waals surface area (Å²) < 4.78 is 12.1. The molecule has 1 aromatic rings. The van der Waals surface area contributed by atoms with Crippen LogP contribution in [0.25, 0.3) is 0 Å². The third-order valence-corrected chi connectivity index (χ3v) is 4.44. The summed E-state index contributed by atoms with van der Waals surface area (Å²) in [6, 6.07) is 6.36. The van der Waals surface area contributed by atoms with Gasteiger partial charge in [-0.1, -0.05) is 31.9 Å². The van der Waals surface area contributed by atoms with E-state index in [2.05, 4.69) is 55.0 Å². The van der Waals surface area contributed by atoms with Crippen molar-refractivity contribution < 1.29 is 9.47 Å². The van der Waals surface area contributed by atoms with Crippen molar-refractivity contribution in [3.63, 3.8) is 0 Å². The van der Waals surface area contributed by atoms with Gasteiger partial charge in [0.2, 0.25) is 0 Å². The summed E-state index contributed by atoms with van der Waals surface area (Å²) in [5.74, 6) is 0. The molecule has 1 heterocycles. The monoisotopic (exact) mass is 377 g/mol. The first-order valence-corrected chi connectivity index (χ1v) is 7.76. The molecule has 18 heavy (non-hydrogen) atoms. The molecule has 0 amide bonds. The first kappa shape index (κ1) is 14.3. The maximum atomic E-state index is 5.48. The van der Waals surface area contributed by atoms with E-state index < -0.39 is 0 Å². The van der Waals surface area contributed by atoms with Gasteiger partial charge in [0.25, 0.3) is 0 Å². The van der Waals surface area contributed by atoms with Crippen molar-refractivity contribution in [1.29, 1.82) is 0 Å². The van der Waals surface area contributed by atoms with Crippen LogP contribution in [0.2, 0.25) is 0 Å². The van der Waals surface area contributed by atoms with E-state index >= 15 is 0 Å². The van der Waals surface area contributed by atoms with Crippen LogP contribution in [0, 0.1) is 0 Å². The van der Waals surface area contributed by atoms with Gasteiger partial charge in [0.1, 0.15) is 12.2 Å². The first-order valence-electron chi connectivity index (χ1n) is 5.84. The van der Waals surface area contributed by atoms with Crippen molar-refractivity contribution in [1.82, 2.24) is 0 Å². The predicted molar refractivity (Wildman–Crippen MR) is 80.6 cm³/mol. The van der Waals surface area contributed by atoms with Gasteiger partial charge in [-0.2, -0.15) is 0 Å². The zero-order valence-corrected chi connectivity index (χ0v) is 13.7. The molecule has 0 aliphatic carbocycles. The van der Waals surface area contributed by atoms with E-state index in [9.17, 15) is 0 Å². The van der Waals surface area contributed by atoms with E-state index in [-0.39, 0.29) is 12.2 Å². The van der Waals surface area contributed by atoms with Crippen LogP contribution < -0.4 is 4.90 Å². The summed E-state index contributed by atoms with van der Waals surface area (Å²) in [5.41, 5.74) is 2.52. The Kier molecular flexibility index (Phi) is 5.06. The first-order chi connectivity index (χ1) is 8.69. The Bertz CT molecular complexity index is 402. The van der Waals surface area contributed by atoms with E-state index in [0.717, 1.165) is 22.9 Å². The molecule has 1 aliphatic rings. The molecule has 0 radical (unpaired) electrons. The van der Waals surface area contributed by atoms with Crippen molar-refractivity contribution in [2.24, 2.45) is 0 Å². The molecular weight excluding hydrogens is 362 g/mol. The summed E-state index contributed by atoms with van der Waals surface area (Å²) in [6.45, 7) is 1.74. The Morgan fingerprint density at radius 3 is 2.33 bits per heavy atom. The van der Waals surface area contributed by atoms with Crippen LogP contribution in [0.4, 0.5) is 5.69 Å². The minimum Gasteiger partial charge on any atom is -0.377 e. The number of methoxy groups -OCH3 is 2. The van der Waals surface area contributed by atoms with Gasteiger partial charge in [-0.25, -0.2) is 0 Å². The summed E-state index contributed by atoms with van der Waals surface area (Å²) in [7, 11) is 3.49. The Balaban J connectivity index is 2.22. The standard InChI is InChI=1S/C13H17Br2NO2/c1-17-12-7-16(8-13(12)18-2)11-4-3-10(15)5-9(11)6-14/h3-5,12-13H,6-8H2,1-2H3. The van der Waals surface area contributed by atoms with Crippen molar-refractivity contribution in [3.8, 4) is 0 Å². The van der Waals surface area contributed by atoms with Crippen LogP contribution in [0.5, 0.6) is 0 Å². The van der Waals surface area contributed by atoms with Crippen molar-refractivity contribution in [3.05, 3.63) is 28.2 Å². The van der Waals surface area contributed by atoms with Gasteiger partial charge in [0.05, 0.1) is 0 Å². The number of halogens is 2. The number of rotatable bonds is 4. The van der Waals surface area contributed by atoms with E-state index in [1.54, 1.807) is 14.2 Å². The Labute approximate surface area is 125 Å². The second-order valence-electron chi connectivity index (χ2n) is 4.36. The minimum absolute atomic E-state index is 0.141. The minimum atomic E-state index is 0.141. The molecule has 1 fully saturated rings. The molecule has 2 rings (SSSR count). The van der Waals surface area contributed by atoms with Crippen molar-refractivity contribution in [2.75, 3.05) is 32.2 Å². The Morgan fingerprint density at radius 1 is 1.22 bits per heavy atom. The van der Waals surface area contributed by atoms with Crippen LogP contribution in [0.1, 0.15) is 5.56 Å². The van der Waals surface area contributed by atoms with Gasteiger partial charge in [-0.15, -0.1) is 0 Å². The molecular formula is C13H17Br2NO2. The number of anilines is 1. The van der Waals surface area contributed by atoms with Crippen LogP contribution in [-0.2, 0) is 14.8 Å². The lowest BCUT2D eigenvalue weighted by Gasteiger charge is -2.21. The average molecular weight is 379 g/mol. The van der Waals surface area contributed by atoms with Gasteiger partial charge < -0.3 is 14.4 Å². The molecule has 1 saturated heterocycles. The molecule has 100 valence electrons. The molecule has 1 aromatic carbocycles. The summed E-state index contributed by atoms with van der Waals surface area (Å²) in [5, 5.41) is 0.841. The molecule has 0 N–H and O–H groups in total. The number of alkyl halides is 1. The smallest absolute Gasteiger partial charge is 0.102 e. The third-order valence-electron chi connectivity index (χ3n) is 3.35. The number of hydrogen-bond acceptors (Lipinski definition) is 3. The van der Waals surface area contributed by atoms with E-state index in [1.165, 1.54) is 11.3 Å². The maximum absolute atomic E-state index is 5.48. The summed E-state index contributed by atoms with van der Waals surface area (Å²) in [4.78, 5) is 2.32. The summed E-state index contributed by atoms with van der Waals surface area (Å²) in [6.07, 6.45) is 0.281. The van der Waals surface area contributed by atoms with E-state index in [0.29, 0.717) is 0 Å². The lowest BCUT2D eigenvalue weighted by Crippen LogP contribution is -2.27. The van der Waals surface area contributed by atoms with Crippen LogP contribution >= 0.6 is 31.9 Å². The molecule has 0 bridgehead atoms. The molecule has 2 unspecified atom stereocenters. The quantitative estimate of drug-likeness (QED) is 0.751. The highest BCUT2D eigenvalue weighted by molar-refractivity contribution is 9.10. The molecule has 0 saturated carbocycles. The van der Waals surface area contributed by atoms with Crippen LogP contribution in [0.3, 0.4) is 0 Å². The van der Waals surface area contributed by atoms with E-state index in [4.69, 9.17) is 9.47 Å². The largest absolute Gasteiger partial charge is 0.377 e. The molecule has 2 atom stereocenters. The second kappa shape index (κ2) is 6.37. The zero-order valence-electron chi connectivity index (χ0n) is 10.5. The average Bonchev–Trinajstić information content (AvgIpc) is 2.81. The number of nitrogens with zero attached hydrogens (tertiary/aromatic N) is 1. The fourth-order valence-corrected chi connectivity index (χ4v) is 3.22. The van der Waals surface area contributed by atoms with Gasteiger partial charge in [0.15, 0.2) is 0 Å². The van der Waals surface area contributed by atoms with Gasteiger partial charge in [-0.05, 0) is 23.8 Å². The van der Waals surface area contributed by atoms with Gasteiger partial charge in [-0.3, -0.25) is 0 Å². The maximum Gasteiger partial charge on any atom is 0.102 e. The SMILES string of the molecule is COC1CN(c2ccc(Br)cc2CBr)CC1OC. The number of ether oxygens (including phenoxy) is 2. The molecule has 0 spiro atoms. The lowest BCUT2D eigenvalue weighted by atomic mass is 10.2. The molecule has 3 nitrogen and oxygen atoms in total. The highest BCUT2D eigenvalue weighted by atomic mass is 79.9. The topological polar surface area (TPSA) is 21.7 Å². The highest BCUT2D eigenvalue weighted by Crippen LogP contribution is 2.30. The van der Waals surface area contributed by atoms with Gasteiger partial charge >= 0.3 is 0 Å². The number of hydrogen-bond donors (Lipinski definition) is 0. The van der Waals surface area contributed by atoms with E-state index in [1.807, 2.05) is 0 Å². The Hall–Kier alpha value is -0.100. The molecule has 5 heteroatoms. The lowest BCUT2D eigenvalue weighted by molar-refractivity contribution is -0.00461. The van der Waals surface area contributed by atoms with Crippen LogP contribution in [-0.4, -0.2) is 39.5 Å². The van der Waals surface area contributed by atoms with Crippen molar-refractivity contribution in [2.45, 2.75) is 17.5 Å². The second-order valence-corrected chi connectivity index (χ2v) is 5.84. The summed E-state index contributed by atoms with van der Waals surface area (Å²) >= 11 is 7.05. The van der Waals surface area contributed by atoms with Crippen molar-refractivity contribution >= 4 is 37.5 Å². The predicted octanol–water partition coefficient (Wildman–Crippen LogP) is 3.19. The molecule has 0 aromatic heterocycles. The Morgan fingerprint density at radius 2 is 1.83 bits per heavy atom. The normalized spacial score (nSPS) is 23.7. The fraction of sp³-hybridized carbons (Fsp3) is 0.538. The highest BCUT2D eigenvalue weighted by Gasteiger charge is 2.33. The fourth-order valence-electron chi connectivity index (χ4n) is 2.36. The van der Waals surface area contributed by atoms with Gasteiger partial charge in [0, 0.05) is 42.8 Å². The number of benzene rings is 1.